The maximum Gasteiger partial charge on any atom is 0.00108 e. The maximum atomic E-state index is 3.45. The molecule has 1 saturated heterocycles. The van der Waals surface area contributed by atoms with Gasteiger partial charge in [0.05, 0.1) is 0 Å². The van der Waals surface area contributed by atoms with Crippen molar-refractivity contribution in [1.82, 2.24) is 5.32 Å². The van der Waals surface area contributed by atoms with Gasteiger partial charge in [0.15, 0.2) is 0 Å². The summed E-state index contributed by atoms with van der Waals surface area (Å²) in [4.78, 5) is 0. The van der Waals surface area contributed by atoms with E-state index < -0.39 is 0 Å². The van der Waals surface area contributed by atoms with Gasteiger partial charge in [0.25, 0.3) is 0 Å². The highest BCUT2D eigenvalue weighted by atomic mass is 14.9. The quantitative estimate of drug-likeness (QED) is 0.516. The van der Waals surface area contributed by atoms with E-state index in [4.69, 9.17) is 0 Å². The number of hydrogen-bond donors (Lipinski definition) is 1. The van der Waals surface area contributed by atoms with Gasteiger partial charge in [-0.15, -0.1) is 0 Å². The fraction of sp³-hybridized carbons (Fsp3) is 1.00. The summed E-state index contributed by atoms with van der Waals surface area (Å²) in [7, 11) is 0. The zero-order valence-corrected chi connectivity index (χ0v) is 6.11. The summed E-state index contributed by atoms with van der Waals surface area (Å²) < 4.78 is 0. The Labute approximate surface area is 56.8 Å². The first-order chi connectivity index (χ1) is 4.33. The molecule has 2 rings (SSSR count). The molecule has 1 N–H and O–H groups in total. The van der Waals surface area contributed by atoms with E-state index in [0.29, 0.717) is 0 Å². The molecule has 1 spiro atoms. The lowest BCUT2D eigenvalue weighted by Crippen LogP contribution is -2.39. The molecule has 1 aliphatic heterocycles. The molecule has 0 amide bonds. The minimum absolute atomic E-state index is 0.764. The van der Waals surface area contributed by atoms with E-state index in [1.807, 2.05) is 0 Å². The summed E-state index contributed by atoms with van der Waals surface area (Å²) >= 11 is 0. The first kappa shape index (κ1) is 5.72. The van der Waals surface area contributed by atoms with Crippen molar-refractivity contribution in [2.75, 3.05) is 13.1 Å². The summed E-state index contributed by atoms with van der Waals surface area (Å²) in [6.45, 7) is 4.97. The predicted octanol–water partition coefficient (Wildman–Crippen LogP) is 1.40. The van der Waals surface area contributed by atoms with Crippen LogP contribution in [0.5, 0.6) is 0 Å². The van der Waals surface area contributed by atoms with Crippen LogP contribution in [0.2, 0.25) is 0 Å². The van der Waals surface area contributed by atoms with Crippen LogP contribution >= 0.6 is 0 Å². The number of nitrogens with one attached hydrogen (secondary N) is 1. The maximum absolute atomic E-state index is 3.45. The molecule has 1 saturated carbocycles. The minimum Gasteiger partial charge on any atom is -0.316 e. The van der Waals surface area contributed by atoms with Gasteiger partial charge in [-0.3, -0.25) is 0 Å². The van der Waals surface area contributed by atoms with Gasteiger partial charge in [-0.2, -0.15) is 0 Å². The lowest BCUT2D eigenvalue weighted by atomic mass is 9.60. The molecule has 0 bridgehead atoms. The van der Waals surface area contributed by atoms with Crippen molar-refractivity contribution in [2.24, 2.45) is 11.3 Å². The Balaban J connectivity index is 2.06. The van der Waals surface area contributed by atoms with Gasteiger partial charge in [-0.25, -0.2) is 0 Å². The van der Waals surface area contributed by atoms with Crippen molar-refractivity contribution in [1.29, 1.82) is 0 Å². The summed E-state index contributed by atoms with van der Waals surface area (Å²) in [5.41, 5.74) is 0.764. The first-order valence-corrected chi connectivity index (χ1v) is 4.04. The topological polar surface area (TPSA) is 12.0 Å². The van der Waals surface area contributed by atoms with Crippen molar-refractivity contribution >= 4 is 0 Å². The van der Waals surface area contributed by atoms with Crippen LogP contribution in [-0.2, 0) is 0 Å². The Morgan fingerprint density at radius 3 is 2.56 bits per heavy atom. The highest BCUT2D eigenvalue weighted by Gasteiger charge is 2.45. The van der Waals surface area contributed by atoms with Crippen molar-refractivity contribution in [2.45, 2.75) is 26.2 Å². The third-order valence-corrected chi connectivity index (χ3v) is 3.40. The van der Waals surface area contributed by atoms with E-state index in [-0.39, 0.29) is 0 Å². The van der Waals surface area contributed by atoms with Gasteiger partial charge >= 0.3 is 0 Å². The standard InChI is InChI=1S/C8H15N/c1-7-2-3-8(7)4-5-9-6-8/h7,9H,2-6H2,1H3/t7?,8-/m0/s1. The second-order valence-corrected chi connectivity index (χ2v) is 3.73. The molecule has 1 nitrogen and oxygen atoms in total. The van der Waals surface area contributed by atoms with Crippen molar-refractivity contribution in [3.05, 3.63) is 0 Å². The Bertz CT molecular complexity index is 114. The van der Waals surface area contributed by atoms with Gasteiger partial charge in [-0.1, -0.05) is 6.92 Å². The average Bonchev–Trinajstić information content (AvgIpc) is 2.34. The van der Waals surface area contributed by atoms with Gasteiger partial charge in [0, 0.05) is 6.54 Å². The van der Waals surface area contributed by atoms with Crippen LogP contribution in [0, 0.1) is 11.3 Å². The van der Waals surface area contributed by atoms with Crippen LogP contribution in [0.25, 0.3) is 0 Å². The molecule has 1 aliphatic carbocycles. The highest BCUT2D eigenvalue weighted by Crippen LogP contribution is 2.50. The van der Waals surface area contributed by atoms with Crippen molar-refractivity contribution in [3.63, 3.8) is 0 Å². The van der Waals surface area contributed by atoms with Gasteiger partial charge < -0.3 is 5.32 Å². The monoisotopic (exact) mass is 125 g/mol. The smallest absolute Gasteiger partial charge is 0.00108 e. The van der Waals surface area contributed by atoms with E-state index in [2.05, 4.69) is 12.2 Å². The van der Waals surface area contributed by atoms with Crippen LogP contribution in [0.1, 0.15) is 26.2 Å². The van der Waals surface area contributed by atoms with Gasteiger partial charge in [0.2, 0.25) is 0 Å². The molecule has 0 radical (unpaired) electrons. The molecule has 0 aromatic rings. The molecular weight excluding hydrogens is 110 g/mol. The molecule has 2 fully saturated rings. The Kier molecular flexibility index (Phi) is 1.10. The van der Waals surface area contributed by atoms with E-state index in [9.17, 15) is 0 Å². The van der Waals surface area contributed by atoms with Crippen LogP contribution in [0.15, 0.2) is 0 Å². The average molecular weight is 125 g/mol. The predicted molar refractivity (Wildman–Crippen MR) is 38.3 cm³/mol. The Hall–Kier alpha value is -0.0400. The van der Waals surface area contributed by atoms with Crippen LogP contribution < -0.4 is 5.32 Å². The number of hydrogen-bond acceptors (Lipinski definition) is 1. The summed E-state index contributed by atoms with van der Waals surface area (Å²) in [6, 6.07) is 0. The third kappa shape index (κ3) is 0.644. The Morgan fingerprint density at radius 2 is 2.33 bits per heavy atom. The molecule has 52 valence electrons. The number of rotatable bonds is 0. The van der Waals surface area contributed by atoms with E-state index in [1.165, 1.54) is 32.4 Å². The summed E-state index contributed by atoms with van der Waals surface area (Å²) in [6.07, 6.45) is 4.40. The van der Waals surface area contributed by atoms with Gasteiger partial charge in [0.1, 0.15) is 0 Å². The van der Waals surface area contributed by atoms with Crippen LogP contribution in [-0.4, -0.2) is 13.1 Å². The molecule has 2 atom stereocenters. The normalized spacial score (nSPS) is 49.7. The second-order valence-electron chi connectivity index (χ2n) is 3.73. The zero-order chi connectivity index (χ0) is 6.32. The SMILES string of the molecule is CC1CC[C@@]12CCNC2. The minimum atomic E-state index is 0.764. The zero-order valence-electron chi connectivity index (χ0n) is 6.11. The highest BCUT2D eigenvalue weighted by molar-refractivity contribution is 4.98. The summed E-state index contributed by atoms with van der Waals surface area (Å²) in [5, 5.41) is 3.45. The van der Waals surface area contributed by atoms with Crippen LogP contribution in [0.4, 0.5) is 0 Å². The van der Waals surface area contributed by atoms with E-state index in [0.717, 1.165) is 11.3 Å². The van der Waals surface area contributed by atoms with E-state index >= 15 is 0 Å². The lowest BCUT2D eigenvalue weighted by Gasteiger charge is -2.44. The Morgan fingerprint density at radius 1 is 1.44 bits per heavy atom. The van der Waals surface area contributed by atoms with E-state index in [1.54, 1.807) is 0 Å². The van der Waals surface area contributed by atoms with Crippen molar-refractivity contribution in [3.8, 4) is 0 Å². The largest absolute Gasteiger partial charge is 0.316 e. The molecule has 0 aromatic carbocycles. The fourth-order valence-corrected chi connectivity index (χ4v) is 2.24. The summed E-state index contributed by atoms with van der Waals surface area (Å²) in [5.74, 6) is 1.01. The third-order valence-electron chi connectivity index (χ3n) is 3.40. The molecule has 1 heteroatoms. The molecule has 1 unspecified atom stereocenters. The molecule has 2 aliphatic rings. The fourth-order valence-electron chi connectivity index (χ4n) is 2.24. The molecule has 1 heterocycles. The molecular formula is C8H15N. The molecule has 0 aromatic heterocycles. The van der Waals surface area contributed by atoms with Crippen molar-refractivity contribution < 1.29 is 0 Å². The molecule has 9 heavy (non-hydrogen) atoms. The van der Waals surface area contributed by atoms with Crippen LogP contribution in [0.3, 0.4) is 0 Å². The van der Waals surface area contributed by atoms with Gasteiger partial charge in [-0.05, 0) is 37.1 Å². The first-order valence-electron chi connectivity index (χ1n) is 4.04. The second kappa shape index (κ2) is 1.72. The lowest BCUT2D eigenvalue weighted by molar-refractivity contribution is 0.0676.